The third-order valence-corrected chi connectivity index (χ3v) is 5.60. The second kappa shape index (κ2) is 6.18. The normalized spacial score (nSPS) is 17.8. The van der Waals surface area contributed by atoms with Crippen molar-refractivity contribution in [3.8, 4) is 0 Å². The average molecular weight is 357 g/mol. The Labute approximate surface area is 149 Å². The summed E-state index contributed by atoms with van der Waals surface area (Å²) in [5.41, 5.74) is 1.40. The van der Waals surface area contributed by atoms with Crippen molar-refractivity contribution in [3.05, 3.63) is 30.1 Å². The number of aromatic nitrogens is 3. The van der Waals surface area contributed by atoms with Gasteiger partial charge in [-0.25, -0.2) is 0 Å². The summed E-state index contributed by atoms with van der Waals surface area (Å²) in [6.07, 6.45) is 2.32. The number of nitrogens with zero attached hydrogens (tertiary/aromatic N) is 4. The van der Waals surface area contributed by atoms with Gasteiger partial charge in [0.25, 0.3) is 0 Å². The SMILES string of the molecule is C[C@@H](Sc1nnc(C2CC2)n1C)C(=O)N1CC(=O)Nc2ccccc21. The van der Waals surface area contributed by atoms with Gasteiger partial charge in [0.2, 0.25) is 11.8 Å². The molecule has 0 radical (unpaired) electrons. The van der Waals surface area contributed by atoms with Crippen LogP contribution in [0.3, 0.4) is 0 Å². The minimum absolute atomic E-state index is 0.0346. The van der Waals surface area contributed by atoms with Gasteiger partial charge in [0.1, 0.15) is 12.4 Å². The van der Waals surface area contributed by atoms with Crippen molar-refractivity contribution in [1.29, 1.82) is 0 Å². The van der Waals surface area contributed by atoms with Crippen LogP contribution in [0, 0.1) is 0 Å². The molecule has 1 N–H and O–H groups in total. The van der Waals surface area contributed by atoms with E-state index in [9.17, 15) is 9.59 Å². The molecule has 7 nitrogen and oxygen atoms in total. The standard InChI is InChI=1S/C17H19N5O2S/c1-10(25-17-20-19-15(21(17)2)11-7-8-11)16(24)22-9-14(23)18-12-5-3-4-6-13(12)22/h3-6,10-11H,7-9H2,1-2H3,(H,18,23)/t10-/m1/s1. The molecule has 2 aliphatic rings. The van der Waals surface area contributed by atoms with Gasteiger partial charge in [-0.3, -0.25) is 14.5 Å². The Bertz CT molecular complexity index is 845. The van der Waals surface area contributed by atoms with Crippen LogP contribution in [0.2, 0.25) is 0 Å². The molecular weight excluding hydrogens is 338 g/mol. The molecule has 2 aromatic rings. The van der Waals surface area contributed by atoms with Gasteiger partial charge in [0.05, 0.1) is 16.6 Å². The molecule has 2 heterocycles. The molecular formula is C17H19N5O2S. The molecule has 0 bridgehead atoms. The predicted molar refractivity (Wildman–Crippen MR) is 95.7 cm³/mol. The fraction of sp³-hybridized carbons (Fsp3) is 0.412. The van der Waals surface area contributed by atoms with Gasteiger partial charge in [0, 0.05) is 13.0 Å². The quantitative estimate of drug-likeness (QED) is 0.848. The Balaban J connectivity index is 1.53. The smallest absolute Gasteiger partial charge is 0.244 e. The van der Waals surface area contributed by atoms with E-state index in [1.54, 1.807) is 11.0 Å². The minimum Gasteiger partial charge on any atom is -0.323 e. The zero-order valence-corrected chi connectivity index (χ0v) is 14.9. The van der Waals surface area contributed by atoms with Crippen molar-refractivity contribution in [3.63, 3.8) is 0 Å². The van der Waals surface area contributed by atoms with E-state index in [2.05, 4.69) is 15.5 Å². The predicted octanol–water partition coefficient (Wildman–Crippen LogP) is 2.16. The highest BCUT2D eigenvalue weighted by Gasteiger charge is 2.32. The topological polar surface area (TPSA) is 80.1 Å². The van der Waals surface area contributed by atoms with Crippen LogP contribution in [0.4, 0.5) is 11.4 Å². The molecule has 1 saturated carbocycles. The molecule has 130 valence electrons. The fourth-order valence-corrected chi connectivity index (χ4v) is 3.87. The Morgan fingerprint density at radius 2 is 2.08 bits per heavy atom. The number of fused-ring (bicyclic) bond motifs is 1. The lowest BCUT2D eigenvalue weighted by atomic mass is 10.2. The van der Waals surface area contributed by atoms with E-state index in [-0.39, 0.29) is 23.6 Å². The molecule has 1 fully saturated rings. The largest absolute Gasteiger partial charge is 0.323 e. The van der Waals surface area contributed by atoms with E-state index in [1.807, 2.05) is 36.7 Å². The van der Waals surface area contributed by atoms with E-state index in [0.29, 0.717) is 11.6 Å². The molecule has 1 atom stereocenters. The second-order valence-corrected chi connectivity index (χ2v) is 7.73. The third kappa shape index (κ3) is 3.02. The van der Waals surface area contributed by atoms with E-state index in [0.717, 1.165) is 29.5 Å². The van der Waals surface area contributed by atoms with Crippen molar-refractivity contribution >= 4 is 35.0 Å². The number of nitrogens with one attached hydrogen (secondary N) is 1. The van der Waals surface area contributed by atoms with E-state index < -0.39 is 0 Å². The Morgan fingerprint density at radius 1 is 1.32 bits per heavy atom. The highest BCUT2D eigenvalue weighted by atomic mass is 32.2. The molecule has 0 saturated heterocycles. The van der Waals surface area contributed by atoms with Gasteiger partial charge >= 0.3 is 0 Å². The molecule has 25 heavy (non-hydrogen) atoms. The number of thioether (sulfide) groups is 1. The third-order valence-electron chi connectivity index (χ3n) is 4.48. The first kappa shape index (κ1) is 16.1. The van der Waals surface area contributed by atoms with Crippen LogP contribution in [0.5, 0.6) is 0 Å². The van der Waals surface area contributed by atoms with Gasteiger partial charge < -0.3 is 9.88 Å². The maximum Gasteiger partial charge on any atom is 0.244 e. The number of carbonyl (C=O) groups excluding carboxylic acids is 2. The highest BCUT2D eigenvalue weighted by Crippen LogP contribution is 2.40. The Morgan fingerprint density at radius 3 is 2.84 bits per heavy atom. The van der Waals surface area contributed by atoms with E-state index in [4.69, 9.17) is 0 Å². The summed E-state index contributed by atoms with van der Waals surface area (Å²) in [5, 5.41) is 11.6. The lowest BCUT2D eigenvalue weighted by molar-refractivity contribution is -0.121. The van der Waals surface area contributed by atoms with Gasteiger partial charge in [-0.15, -0.1) is 10.2 Å². The summed E-state index contributed by atoms with van der Waals surface area (Å²) in [5.74, 6) is 1.21. The monoisotopic (exact) mass is 357 g/mol. The summed E-state index contributed by atoms with van der Waals surface area (Å²) in [7, 11) is 1.94. The first-order valence-corrected chi connectivity index (χ1v) is 9.18. The number of para-hydroxylation sites is 2. The zero-order valence-electron chi connectivity index (χ0n) is 14.1. The Kier molecular flexibility index (Phi) is 3.99. The highest BCUT2D eigenvalue weighted by molar-refractivity contribution is 8.00. The number of hydrogen-bond donors (Lipinski definition) is 1. The van der Waals surface area contributed by atoms with Crippen LogP contribution in [0.1, 0.15) is 31.5 Å². The number of amides is 2. The molecule has 8 heteroatoms. The molecule has 0 spiro atoms. The number of rotatable bonds is 4. The molecule has 1 aromatic heterocycles. The summed E-state index contributed by atoms with van der Waals surface area (Å²) in [6, 6.07) is 7.34. The van der Waals surface area contributed by atoms with Crippen LogP contribution in [0.15, 0.2) is 29.4 Å². The summed E-state index contributed by atoms with van der Waals surface area (Å²) in [4.78, 5) is 26.4. The fourth-order valence-electron chi connectivity index (χ4n) is 2.98. The van der Waals surface area contributed by atoms with E-state index >= 15 is 0 Å². The summed E-state index contributed by atoms with van der Waals surface area (Å²) >= 11 is 1.38. The number of carbonyl (C=O) groups is 2. The van der Waals surface area contributed by atoms with Crippen molar-refractivity contribution < 1.29 is 9.59 Å². The van der Waals surface area contributed by atoms with Crippen molar-refractivity contribution in [1.82, 2.24) is 14.8 Å². The van der Waals surface area contributed by atoms with Gasteiger partial charge in [-0.2, -0.15) is 0 Å². The number of benzene rings is 1. The summed E-state index contributed by atoms with van der Waals surface area (Å²) in [6.45, 7) is 1.88. The van der Waals surface area contributed by atoms with Gasteiger partial charge in [0.15, 0.2) is 5.16 Å². The first-order chi connectivity index (χ1) is 12.0. The van der Waals surface area contributed by atoms with Gasteiger partial charge in [-0.05, 0) is 31.9 Å². The molecule has 2 amide bonds. The zero-order chi connectivity index (χ0) is 17.6. The number of hydrogen-bond acceptors (Lipinski definition) is 5. The molecule has 0 unspecified atom stereocenters. The lowest BCUT2D eigenvalue weighted by Crippen LogP contribution is -2.45. The minimum atomic E-state index is -0.367. The number of anilines is 2. The van der Waals surface area contributed by atoms with Crippen LogP contribution in [-0.4, -0.2) is 38.4 Å². The van der Waals surface area contributed by atoms with Crippen LogP contribution >= 0.6 is 11.8 Å². The molecule has 1 aliphatic heterocycles. The average Bonchev–Trinajstić information content (AvgIpc) is 3.38. The maximum absolute atomic E-state index is 12.9. The summed E-state index contributed by atoms with van der Waals surface area (Å²) < 4.78 is 1.98. The molecule has 1 aliphatic carbocycles. The Hall–Kier alpha value is -2.35. The van der Waals surface area contributed by atoms with Crippen LogP contribution in [-0.2, 0) is 16.6 Å². The van der Waals surface area contributed by atoms with Crippen molar-refractivity contribution in [2.75, 3.05) is 16.8 Å². The van der Waals surface area contributed by atoms with Gasteiger partial charge in [-0.1, -0.05) is 23.9 Å². The second-order valence-electron chi connectivity index (χ2n) is 6.42. The molecule has 1 aromatic carbocycles. The van der Waals surface area contributed by atoms with Crippen molar-refractivity contribution in [2.24, 2.45) is 7.05 Å². The lowest BCUT2D eigenvalue weighted by Gasteiger charge is -2.30. The van der Waals surface area contributed by atoms with Crippen LogP contribution in [0.25, 0.3) is 0 Å². The maximum atomic E-state index is 12.9. The first-order valence-electron chi connectivity index (χ1n) is 8.31. The van der Waals surface area contributed by atoms with E-state index in [1.165, 1.54) is 11.8 Å². The van der Waals surface area contributed by atoms with Crippen LogP contribution < -0.4 is 10.2 Å². The van der Waals surface area contributed by atoms with Crippen molar-refractivity contribution in [2.45, 2.75) is 36.1 Å². The molecule has 4 rings (SSSR count).